The van der Waals surface area contributed by atoms with E-state index in [1.807, 2.05) is 0 Å². The zero-order valence-electron chi connectivity index (χ0n) is 11.3. The SMILES string of the molecule is CCc1c(C2(CN)CC2)cc(Br)c2c1OCCCO2. The van der Waals surface area contributed by atoms with Crippen molar-refractivity contribution in [2.24, 2.45) is 5.73 Å². The number of hydrogen-bond acceptors (Lipinski definition) is 3. The van der Waals surface area contributed by atoms with Crippen LogP contribution in [0.5, 0.6) is 11.5 Å². The highest BCUT2D eigenvalue weighted by Gasteiger charge is 2.45. The molecule has 1 aromatic rings. The van der Waals surface area contributed by atoms with Crippen LogP contribution in [0.25, 0.3) is 0 Å². The molecule has 104 valence electrons. The van der Waals surface area contributed by atoms with E-state index in [0.29, 0.717) is 6.54 Å². The molecule has 4 heteroatoms. The molecule has 1 heterocycles. The van der Waals surface area contributed by atoms with Gasteiger partial charge in [-0.15, -0.1) is 0 Å². The van der Waals surface area contributed by atoms with Gasteiger partial charge in [-0.2, -0.15) is 0 Å². The number of nitrogens with two attached hydrogens (primary N) is 1. The molecule has 2 aliphatic rings. The molecular formula is C15H20BrNO2. The number of halogens is 1. The van der Waals surface area contributed by atoms with Gasteiger partial charge in [0.1, 0.15) is 0 Å². The summed E-state index contributed by atoms with van der Waals surface area (Å²) in [6, 6.07) is 2.20. The van der Waals surface area contributed by atoms with Crippen LogP contribution in [-0.2, 0) is 11.8 Å². The van der Waals surface area contributed by atoms with Gasteiger partial charge in [0.2, 0.25) is 0 Å². The summed E-state index contributed by atoms with van der Waals surface area (Å²) < 4.78 is 12.8. The highest BCUT2D eigenvalue weighted by molar-refractivity contribution is 9.10. The molecule has 3 rings (SSSR count). The van der Waals surface area contributed by atoms with Crippen molar-refractivity contribution in [3.05, 3.63) is 21.7 Å². The third-order valence-electron chi connectivity index (χ3n) is 4.24. The zero-order chi connectivity index (χ0) is 13.5. The van der Waals surface area contributed by atoms with Gasteiger partial charge in [-0.25, -0.2) is 0 Å². The Morgan fingerprint density at radius 1 is 1.26 bits per heavy atom. The molecule has 1 aromatic carbocycles. The van der Waals surface area contributed by atoms with E-state index in [9.17, 15) is 0 Å². The molecule has 1 saturated carbocycles. The normalized spacial score (nSPS) is 19.9. The van der Waals surface area contributed by atoms with Crippen molar-refractivity contribution in [3.63, 3.8) is 0 Å². The molecule has 19 heavy (non-hydrogen) atoms. The minimum atomic E-state index is 0.179. The molecule has 1 aliphatic heterocycles. The van der Waals surface area contributed by atoms with Crippen LogP contribution < -0.4 is 15.2 Å². The first-order valence-electron chi connectivity index (χ1n) is 7.03. The van der Waals surface area contributed by atoms with E-state index in [2.05, 4.69) is 28.9 Å². The van der Waals surface area contributed by atoms with E-state index in [0.717, 1.165) is 42.0 Å². The Morgan fingerprint density at radius 3 is 2.53 bits per heavy atom. The standard InChI is InChI=1S/C15H20BrNO2/c1-2-10-11(15(9-17)4-5-15)8-12(16)14-13(10)18-6-3-7-19-14/h8H,2-7,9,17H2,1H3. The van der Waals surface area contributed by atoms with Gasteiger partial charge in [-0.05, 0) is 46.8 Å². The van der Waals surface area contributed by atoms with E-state index in [4.69, 9.17) is 15.2 Å². The summed E-state index contributed by atoms with van der Waals surface area (Å²) >= 11 is 3.63. The molecule has 0 amide bonds. The Labute approximate surface area is 122 Å². The average Bonchev–Trinajstić information content (AvgIpc) is 3.23. The van der Waals surface area contributed by atoms with E-state index < -0.39 is 0 Å². The molecule has 0 unspecified atom stereocenters. The van der Waals surface area contributed by atoms with Crippen LogP contribution in [0.2, 0.25) is 0 Å². The van der Waals surface area contributed by atoms with Gasteiger partial charge in [0, 0.05) is 23.9 Å². The van der Waals surface area contributed by atoms with Crippen LogP contribution in [0.3, 0.4) is 0 Å². The molecule has 2 N–H and O–H groups in total. The lowest BCUT2D eigenvalue weighted by molar-refractivity contribution is 0.295. The number of hydrogen-bond donors (Lipinski definition) is 1. The maximum atomic E-state index is 5.99. The number of benzene rings is 1. The maximum Gasteiger partial charge on any atom is 0.175 e. The topological polar surface area (TPSA) is 44.5 Å². The second-order valence-corrected chi connectivity index (χ2v) is 6.29. The van der Waals surface area contributed by atoms with Gasteiger partial charge < -0.3 is 15.2 Å². The Bertz CT molecular complexity index is 497. The lowest BCUT2D eigenvalue weighted by atomic mass is 9.89. The highest BCUT2D eigenvalue weighted by atomic mass is 79.9. The summed E-state index contributed by atoms with van der Waals surface area (Å²) in [7, 11) is 0. The van der Waals surface area contributed by atoms with E-state index in [1.54, 1.807) is 0 Å². The second-order valence-electron chi connectivity index (χ2n) is 5.43. The predicted octanol–water partition coefficient (Wildman–Crippen LogP) is 3.16. The molecule has 0 atom stereocenters. The quantitative estimate of drug-likeness (QED) is 0.928. The Balaban J connectivity index is 2.16. The largest absolute Gasteiger partial charge is 0.489 e. The average molecular weight is 326 g/mol. The van der Waals surface area contributed by atoms with Gasteiger partial charge in [0.15, 0.2) is 11.5 Å². The smallest absolute Gasteiger partial charge is 0.175 e. The van der Waals surface area contributed by atoms with Crippen LogP contribution in [0.1, 0.15) is 37.3 Å². The molecular weight excluding hydrogens is 306 g/mol. The summed E-state index contributed by atoms with van der Waals surface area (Å²) in [5.74, 6) is 1.80. The summed E-state index contributed by atoms with van der Waals surface area (Å²) in [6.07, 6.45) is 4.25. The molecule has 0 radical (unpaired) electrons. The van der Waals surface area contributed by atoms with Crippen LogP contribution in [0.4, 0.5) is 0 Å². The minimum Gasteiger partial charge on any atom is -0.489 e. The Kier molecular flexibility index (Phi) is 3.48. The monoisotopic (exact) mass is 325 g/mol. The summed E-state index contributed by atoms with van der Waals surface area (Å²) in [4.78, 5) is 0. The first kappa shape index (κ1) is 13.3. The fraction of sp³-hybridized carbons (Fsp3) is 0.600. The predicted molar refractivity (Wildman–Crippen MR) is 79.1 cm³/mol. The van der Waals surface area contributed by atoms with Crippen LogP contribution in [0.15, 0.2) is 10.5 Å². The molecule has 1 aliphatic carbocycles. The van der Waals surface area contributed by atoms with Crippen molar-refractivity contribution in [3.8, 4) is 11.5 Å². The van der Waals surface area contributed by atoms with Gasteiger partial charge in [-0.1, -0.05) is 6.92 Å². The third-order valence-corrected chi connectivity index (χ3v) is 4.83. The minimum absolute atomic E-state index is 0.179. The Morgan fingerprint density at radius 2 is 1.95 bits per heavy atom. The molecule has 0 bridgehead atoms. The molecule has 1 fully saturated rings. The zero-order valence-corrected chi connectivity index (χ0v) is 12.9. The van der Waals surface area contributed by atoms with Crippen molar-refractivity contribution in [2.45, 2.75) is 38.0 Å². The van der Waals surface area contributed by atoms with Gasteiger partial charge in [0.05, 0.1) is 17.7 Å². The molecule has 0 saturated heterocycles. The molecule has 0 spiro atoms. The maximum absolute atomic E-state index is 5.99. The third kappa shape index (κ3) is 2.15. The van der Waals surface area contributed by atoms with Crippen molar-refractivity contribution in [2.75, 3.05) is 19.8 Å². The van der Waals surface area contributed by atoms with Crippen LogP contribution >= 0.6 is 15.9 Å². The Hall–Kier alpha value is -0.740. The lowest BCUT2D eigenvalue weighted by Crippen LogP contribution is -2.22. The summed E-state index contributed by atoms with van der Waals surface area (Å²) in [6.45, 7) is 4.33. The van der Waals surface area contributed by atoms with Crippen LogP contribution in [0, 0.1) is 0 Å². The van der Waals surface area contributed by atoms with E-state index in [-0.39, 0.29) is 5.41 Å². The summed E-state index contributed by atoms with van der Waals surface area (Å²) in [5.41, 5.74) is 8.81. The first-order valence-corrected chi connectivity index (χ1v) is 7.82. The van der Waals surface area contributed by atoms with Gasteiger partial charge in [-0.3, -0.25) is 0 Å². The van der Waals surface area contributed by atoms with Crippen LogP contribution in [-0.4, -0.2) is 19.8 Å². The molecule has 0 aromatic heterocycles. The van der Waals surface area contributed by atoms with Crippen molar-refractivity contribution >= 4 is 15.9 Å². The highest BCUT2D eigenvalue weighted by Crippen LogP contribution is 2.53. The van der Waals surface area contributed by atoms with Gasteiger partial charge >= 0.3 is 0 Å². The number of fused-ring (bicyclic) bond motifs is 1. The second kappa shape index (κ2) is 4.98. The lowest BCUT2D eigenvalue weighted by Gasteiger charge is -2.22. The molecule has 3 nitrogen and oxygen atoms in total. The summed E-state index contributed by atoms with van der Waals surface area (Å²) in [5, 5.41) is 0. The fourth-order valence-corrected chi connectivity index (χ4v) is 3.42. The first-order chi connectivity index (χ1) is 9.22. The van der Waals surface area contributed by atoms with E-state index in [1.165, 1.54) is 24.0 Å². The number of ether oxygens (including phenoxy) is 2. The van der Waals surface area contributed by atoms with Crippen molar-refractivity contribution in [1.29, 1.82) is 0 Å². The van der Waals surface area contributed by atoms with E-state index >= 15 is 0 Å². The van der Waals surface area contributed by atoms with Crippen molar-refractivity contribution < 1.29 is 9.47 Å². The van der Waals surface area contributed by atoms with Crippen molar-refractivity contribution in [1.82, 2.24) is 0 Å². The van der Waals surface area contributed by atoms with Gasteiger partial charge in [0.25, 0.3) is 0 Å². The fourth-order valence-electron chi connectivity index (χ4n) is 2.90. The number of rotatable bonds is 3.